The first kappa shape index (κ1) is 20.9. The Kier molecular flexibility index (Phi) is 7.55. The maximum Gasteiger partial charge on any atom is 0.328 e. The highest BCUT2D eigenvalue weighted by Crippen LogP contribution is 2.14. The van der Waals surface area contributed by atoms with Gasteiger partial charge in [-0.05, 0) is 36.8 Å². The standard InChI is InChI=1S/C20H18ClN3O4/c1-13(23-19(26)16-4-2-3-5-17(16)21)20(27)28-12-18(25)24-15-8-6-14(7-9-15)10-11-22/h2-9,13H,10,12H2,1H3,(H,23,26)(H,24,25)/t13-/m0/s1. The second kappa shape index (κ2) is 10.1. The Bertz CT molecular complexity index is 906. The van der Waals surface area contributed by atoms with E-state index in [1.807, 2.05) is 6.07 Å². The highest BCUT2D eigenvalue weighted by molar-refractivity contribution is 6.33. The molecule has 2 rings (SSSR count). The zero-order valence-corrected chi connectivity index (χ0v) is 15.8. The number of hydrogen-bond acceptors (Lipinski definition) is 5. The van der Waals surface area contributed by atoms with Gasteiger partial charge in [-0.2, -0.15) is 5.26 Å². The highest BCUT2D eigenvalue weighted by atomic mass is 35.5. The summed E-state index contributed by atoms with van der Waals surface area (Å²) in [4.78, 5) is 36.0. The van der Waals surface area contributed by atoms with E-state index in [0.717, 1.165) is 5.56 Å². The second-order valence-electron chi connectivity index (χ2n) is 5.86. The van der Waals surface area contributed by atoms with Gasteiger partial charge in [-0.15, -0.1) is 0 Å². The van der Waals surface area contributed by atoms with E-state index >= 15 is 0 Å². The van der Waals surface area contributed by atoms with Gasteiger partial charge in [0.1, 0.15) is 6.04 Å². The SMILES string of the molecule is C[C@H](NC(=O)c1ccccc1Cl)C(=O)OCC(=O)Nc1ccc(CC#N)cc1. The van der Waals surface area contributed by atoms with Gasteiger partial charge in [-0.3, -0.25) is 9.59 Å². The van der Waals surface area contributed by atoms with Gasteiger partial charge in [0.25, 0.3) is 11.8 Å². The molecule has 0 unspecified atom stereocenters. The van der Waals surface area contributed by atoms with Gasteiger partial charge in [0.05, 0.1) is 23.1 Å². The lowest BCUT2D eigenvalue weighted by atomic mass is 10.1. The van der Waals surface area contributed by atoms with Crippen LogP contribution in [-0.2, 0) is 20.7 Å². The van der Waals surface area contributed by atoms with Crippen molar-refractivity contribution in [1.29, 1.82) is 5.26 Å². The number of hydrogen-bond donors (Lipinski definition) is 2. The normalized spacial score (nSPS) is 11.0. The average Bonchev–Trinajstić information content (AvgIpc) is 2.68. The van der Waals surface area contributed by atoms with Gasteiger partial charge < -0.3 is 15.4 Å². The number of amides is 2. The Labute approximate surface area is 167 Å². The molecule has 0 aromatic heterocycles. The topological polar surface area (TPSA) is 108 Å². The van der Waals surface area contributed by atoms with E-state index in [2.05, 4.69) is 10.6 Å². The molecule has 28 heavy (non-hydrogen) atoms. The summed E-state index contributed by atoms with van der Waals surface area (Å²) < 4.78 is 4.93. The molecule has 0 aliphatic heterocycles. The molecule has 0 spiro atoms. The number of esters is 1. The van der Waals surface area contributed by atoms with Crippen LogP contribution in [0, 0.1) is 11.3 Å². The minimum atomic E-state index is -0.957. The van der Waals surface area contributed by atoms with E-state index in [4.69, 9.17) is 21.6 Å². The maximum atomic E-state index is 12.1. The van der Waals surface area contributed by atoms with Crippen molar-refractivity contribution in [3.63, 3.8) is 0 Å². The molecule has 0 fully saturated rings. The number of anilines is 1. The number of benzene rings is 2. The number of rotatable bonds is 7. The Morgan fingerprint density at radius 3 is 2.46 bits per heavy atom. The van der Waals surface area contributed by atoms with Gasteiger partial charge in [0.2, 0.25) is 0 Å². The van der Waals surface area contributed by atoms with Crippen LogP contribution in [0.15, 0.2) is 48.5 Å². The lowest BCUT2D eigenvalue weighted by Gasteiger charge is -2.14. The van der Waals surface area contributed by atoms with Crippen molar-refractivity contribution in [2.24, 2.45) is 0 Å². The van der Waals surface area contributed by atoms with Crippen molar-refractivity contribution < 1.29 is 19.1 Å². The number of nitriles is 1. The molecule has 2 aromatic rings. The average molecular weight is 400 g/mol. The minimum absolute atomic E-state index is 0.237. The molecule has 2 amide bonds. The molecule has 0 aliphatic carbocycles. The molecular weight excluding hydrogens is 382 g/mol. The number of ether oxygens (including phenoxy) is 1. The van der Waals surface area contributed by atoms with Crippen molar-refractivity contribution in [3.8, 4) is 6.07 Å². The predicted octanol–water partition coefficient (Wildman–Crippen LogP) is 2.71. The highest BCUT2D eigenvalue weighted by Gasteiger charge is 2.20. The third-order valence-corrected chi connectivity index (χ3v) is 4.02. The van der Waals surface area contributed by atoms with Crippen LogP contribution in [0.2, 0.25) is 5.02 Å². The number of nitrogens with one attached hydrogen (secondary N) is 2. The molecule has 0 bridgehead atoms. The van der Waals surface area contributed by atoms with Gasteiger partial charge in [0.15, 0.2) is 6.61 Å². The fraction of sp³-hybridized carbons (Fsp3) is 0.200. The molecule has 2 aromatic carbocycles. The zero-order chi connectivity index (χ0) is 20.5. The van der Waals surface area contributed by atoms with E-state index < -0.39 is 30.4 Å². The smallest absolute Gasteiger partial charge is 0.328 e. The lowest BCUT2D eigenvalue weighted by Crippen LogP contribution is -2.40. The van der Waals surface area contributed by atoms with Gasteiger partial charge in [0, 0.05) is 5.69 Å². The third kappa shape index (κ3) is 6.11. The summed E-state index contributed by atoms with van der Waals surface area (Å²) in [6.45, 7) is 0.952. The largest absolute Gasteiger partial charge is 0.454 e. The molecule has 0 aliphatic rings. The predicted molar refractivity (Wildman–Crippen MR) is 104 cm³/mol. The minimum Gasteiger partial charge on any atom is -0.454 e. The fourth-order valence-corrected chi connectivity index (χ4v) is 2.46. The molecule has 144 valence electrons. The van der Waals surface area contributed by atoms with Crippen LogP contribution >= 0.6 is 11.6 Å². The maximum absolute atomic E-state index is 12.1. The van der Waals surface area contributed by atoms with Crippen molar-refractivity contribution in [1.82, 2.24) is 5.32 Å². The Balaban J connectivity index is 1.80. The lowest BCUT2D eigenvalue weighted by molar-refractivity contribution is -0.148. The Morgan fingerprint density at radius 2 is 1.82 bits per heavy atom. The van der Waals surface area contributed by atoms with Crippen LogP contribution in [-0.4, -0.2) is 30.4 Å². The molecular formula is C20H18ClN3O4. The Hall–Kier alpha value is -3.37. The fourth-order valence-electron chi connectivity index (χ4n) is 2.23. The summed E-state index contributed by atoms with van der Waals surface area (Å²) in [6, 6.07) is 14.3. The first-order valence-electron chi connectivity index (χ1n) is 8.38. The van der Waals surface area contributed by atoms with E-state index in [9.17, 15) is 14.4 Å². The van der Waals surface area contributed by atoms with Crippen LogP contribution in [0.3, 0.4) is 0 Å². The van der Waals surface area contributed by atoms with Crippen LogP contribution in [0.1, 0.15) is 22.8 Å². The summed E-state index contributed by atoms with van der Waals surface area (Å²) in [5, 5.41) is 13.9. The van der Waals surface area contributed by atoms with Crippen molar-refractivity contribution >= 4 is 35.1 Å². The molecule has 2 N–H and O–H groups in total. The number of carbonyl (C=O) groups excluding carboxylic acids is 3. The van der Waals surface area contributed by atoms with E-state index in [1.54, 1.807) is 42.5 Å². The molecule has 0 heterocycles. The molecule has 0 saturated carbocycles. The van der Waals surface area contributed by atoms with E-state index in [0.29, 0.717) is 5.69 Å². The van der Waals surface area contributed by atoms with E-state index in [1.165, 1.54) is 13.0 Å². The summed E-state index contributed by atoms with van der Waals surface area (Å²) in [7, 11) is 0. The van der Waals surface area contributed by atoms with Crippen molar-refractivity contribution in [2.75, 3.05) is 11.9 Å². The molecule has 0 saturated heterocycles. The summed E-state index contributed by atoms with van der Waals surface area (Å²) in [5.41, 5.74) is 1.58. The molecule has 8 heteroatoms. The van der Waals surface area contributed by atoms with Crippen molar-refractivity contribution in [3.05, 3.63) is 64.7 Å². The monoisotopic (exact) mass is 399 g/mol. The quantitative estimate of drug-likeness (QED) is 0.696. The van der Waals surface area contributed by atoms with Crippen LogP contribution in [0.4, 0.5) is 5.69 Å². The van der Waals surface area contributed by atoms with Gasteiger partial charge >= 0.3 is 5.97 Å². The van der Waals surface area contributed by atoms with Crippen LogP contribution in [0.5, 0.6) is 0 Å². The van der Waals surface area contributed by atoms with Gasteiger partial charge in [-0.25, -0.2) is 4.79 Å². The summed E-state index contributed by atoms with van der Waals surface area (Å²) >= 11 is 5.94. The van der Waals surface area contributed by atoms with Gasteiger partial charge in [-0.1, -0.05) is 35.9 Å². The zero-order valence-electron chi connectivity index (χ0n) is 15.1. The first-order chi connectivity index (χ1) is 13.4. The van der Waals surface area contributed by atoms with Crippen LogP contribution in [0.25, 0.3) is 0 Å². The molecule has 7 nitrogen and oxygen atoms in total. The van der Waals surface area contributed by atoms with Crippen molar-refractivity contribution in [2.45, 2.75) is 19.4 Å². The first-order valence-corrected chi connectivity index (χ1v) is 8.76. The summed E-state index contributed by atoms with van der Waals surface area (Å²) in [5.74, 6) is -1.79. The number of halogens is 1. The van der Waals surface area contributed by atoms with Crippen LogP contribution < -0.4 is 10.6 Å². The number of carbonyl (C=O) groups is 3. The third-order valence-electron chi connectivity index (χ3n) is 3.69. The second-order valence-corrected chi connectivity index (χ2v) is 6.27. The molecule has 0 radical (unpaired) electrons. The van der Waals surface area contributed by atoms with E-state index in [-0.39, 0.29) is 17.0 Å². The molecule has 1 atom stereocenters. The summed E-state index contributed by atoms with van der Waals surface area (Å²) in [6.07, 6.45) is 0.281. The Morgan fingerprint density at radius 1 is 1.14 bits per heavy atom. The number of nitrogens with zero attached hydrogens (tertiary/aromatic N) is 1.